The molecule has 0 saturated carbocycles. The summed E-state index contributed by atoms with van der Waals surface area (Å²) >= 11 is 5.90. The van der Waals surface area contributed by atoms with Gasteiger partial charge in [-0.05, 0) is 30.7 Å². The molecule has 1 atom stereocenters. The van der Waals surface area contributed by atoms with Gasteiger partial charge in [-0.3, -0.25) is 4.68 Å². The first-order valence-corrected chi connectivity index (χ1v) is 5.87. The Kier molecular flexibility index (Phi) is 3.50. The zero-order valence-corrected chi connectivity index (χ0v) is 10.6. The van der Waals surface area contributed by atoms with Crippen LogP contribution in [-0.4, -0.2) is 14.9 Å². The van der Waals surface area contributed by atoms with Crippen molar-refractivity contribution in [1.29, 1.82) is 0 Å². The molecular formula is C13H15ClN2O. The Morgan fingerprint density at radius 1 is 1.41 bits per heavy atom. The Morgan fingerprint density at radius 2 is 2.18 bits per heavy atom. The zero-order chi connectivity index (χ0) is 12.4. The summed E-state index contributed by atoms with van der Waals surface area (Å²) in [5.74, 6) is 0. The van der Waals surface area contributed by atoms with Gasteiger partial charge in [0.2, 0.25) is 0 Å². The molecule has 2 rings (SSSR count). The quantitative estimate of drug-likeness (QED) is 0.910. The van der Waals surface area contributed by atoms with Gasteiger partial charge in [-0.1, -0.05) is 23.7 Å². The predicted molar refractivity (Wildman–Crippen MR) is 68.1 cm³/mol. The standard InChI is InChI=1S/C13H15ClN2O/c1-9-6-12(16(2)15-9)8-13(17)10-4-3-5-11(14)7-10/h3-7,13,17H,8H2,1-2H3. The summed E-state index contributed by atoms with van der Waals surface area (Å²) in [6.45, 7) is 1.94. The molecule has 90 valence electrons. The van der Waals surface area contributed by atoms with Gasteiger partial charge in [-0.2, -0.15) is 5.10 Å². The lowest BCUT2D eigenvalue weighted by Gasteiger charge is -2.11. The van der Waals surface area contributed by atoms with Crippen LogP contribution in [0.4, 0.5) is 0 Å². The van der Waals surface area contributed by atoms with Crippen molar-refractivity contribution in [2.45, 2.75) is 19.4 Å². The van der Waals surface area contributed by atoms with E-state index in [0.29, 0.717) is 11.4 Å². The number of aliphatic hydroxyl groups is 1. The first kappa shape index (κ1) is 12.1. The molecule has 0 saturated heterocycles. The minimum Gasteiger partial charge on any atom is -0.388 e. The van der Waals surface area contributed by atoms with E-state index < -0.39 is 6.10 Å². The molecule has 3 nitrogen and oxygen atoms in total. The van der Waals surface area contributed by atoms with Crippen LogP contribution in [0.1, 0.15) is 23.1 Å². The number of aryl methyl sites for hydroxylation is 2. The van der Waals surface area contributed by atoms with E-state index in [1.165, 1.54) is 0 Å². The van der Waals surface area contributed by atoms with Crippen LogP contribution in [0, 0.1) is 6.92 Å². The fourth-order valence-electron chi connectivity index (χ4n) is 1.89. The Balaban J connectivity index is 2.16. The molecule has 1 unspecified atom stereocenters. The largest absolute Gasteiger partial charge is 0.388 e. The lowest BCUT2D eigenvalue weighted by Crippen LogP contribution is -2.06. The summed E-state index contributed by atoms with van der Waals surface area (Å²) < 4.78 is 1.79. The SMILES string of the molecule is Cc1cc(CC(O)c2cccc(Cl)c2)n(C)n1. The molecule has 0 aliphatic rings. The van der Waals surface area contributed by atoms with E-state index >= 15 is 0 Å². The number of hydrogen-bond acceptors (Lipinski definition) is 2. The molecule has 0 fully saturated rings. The van der Waals surface area contributed by atoms with Gasteiger partial charge in [-0.25, -0.2) is 0 Å². The second-order valence-electron chi connectivity index (χ2n) is 4.18. The second-order valence-corrected chi connectivity index (χ2v) is 4.61. The molecule has 0 amide bonds. The smallest absolute Gasteiger partial charge is 0.0845 e. The highest BCUT2D eigenvalue weighted by Crippen LogP contribution is 2.21. The minimum atomic E-state index is -0.552. The summed E-state index contributed by atoms with van der Waals surface area (Å²) in [5, 5.41) is 15.0. The highest BCUT2D eigenvalue weighted by Gasteiger charge is 2.12. The first-order valence-electron chi connectivity index (χ1n) is 5.49. The van der Waals surface area contributed by atoms with Gasteiger partial charge < -0.3 is 5.11 Å². The van der Waals surface area contributed by atoms with Crippen molar-refractivity contribution in [2.75, 3.05) is 0 Å². The van der Waals surface area contributed by atoms with E-state index in [1.54, 1.807) is 16.8 Å². The molecule has 0 bridgehead atoms. The van der Waals surface area contributed by atoms with E-state index in [9.17, 15) is 5.11 Å². The van der Waals surface area contributed by atoms with E-state index in [-0.39, 0.29) is 0 Å². The van der Waals surface area contributed by atoms with E-state index in [1.807, 2.05) is 32.2 Å². The molecule has 0 aliphatic heterocycles. The lowest BCUT2D eigenvalue weighted by molar-refractivity contribution is 0.176. The Bertz CT molecular complexity index is 522. The minimum absolute atomic E-state index is 0.539. The summed E-state index contributed by atoms with van der Waals surface area (Å²) in [7, 11) is 1.88. The highest BCUT2D eigenvalue weighted by molar-refractivity contribution is 6.30. The molecule has 0 aliphatic carbocycles. The maximum Gasteiger partial charge on any atom is 0.0845 e. The van der Waals surface area contributed by atoms with Crippen molar-refractivity contribution in [2.24, 2.45) is 7.05 Å². The fourth-order valence-corrected chi connectivity index (χ4v) is 2.08. The zero-order valence-electron chi connectivity index (χ0n) is 9.89. The van der Waals surface area contributed by atoms with Gasteiger partial charge in [-0.15, -0.1) is 0 Å². The van der Waals surface area contributed by atoms with Crippen LogP contribution in [0.25, 0.3) is 0 Å². The van der Waals surface area contributed by atoms with Crippen LogP contribution in [0.2, 0.25) is 5.02 Å². The fraction of sp³-hybridized carbons (Fsp3) is 0.308. The highest BCUT2D eigenvalue weighted by atomic mass is 35.5. The lowest BCUT2D eigenvalue weighted by atomic mass is 10.0. The number of rotatable bonds is 3. The van der Waals surface area contributed by atoms with Gasteiger partial charge >= 0.3 is 0 Å². The van der Waals surface area contributed by atoms with Gasteiger partial charge in [0.15, 0.2) is 0 Å². The average molecular weight is 251 g/mol. The van der Waals surface area contributed by atoms with Crippen LogP contribution < -0.4 is 0 Å². The van der Waals surface area contributed by atoms with Crippen molar-refractivity contribution >= 4 is 11.6 Å². The number of aromatic nitrogens is 2. The molecule has 1 aromatic heterocycles. The molecule has 1 aromatic carbocycles. The molecular weight excluding hydrogens is 236 g/mol. The monoisotopic (exact) mass is 250 g/mol. The maximum absolute atomic E-state index is 10.1. The van der Waals surface area contributed by atoms with Crippen LogP contribution in [0.15, 0.2) is 30.3 Å². The second kappa shape index (κ2) is 4.90. The Hall–Kier alpha value is -1.32. The summed E-state index contributed by atoms with van der Waals surface area (Å²) in [4.78, 5) is 0. The molecule has 17 heavy (non-hydrogen) atoms. The van der Waals surface area contributed by atoms with Crippen LogP contribution in [0.5, 0.6) is 0 Å². The van der Waals surface area contributed by atoms with Crippen molar-refractivity contribution in [3.8, 4) is 0 Å². The van der Waals surface area contributed by atoms with E-state index in [2.05, 4.69) is 5.10 Å². The van der Waals surface area contributed by atoms with E-state index in [4.69, 9.17) is 11.6 Å². The molecule has 2 aromatic rings. The third kappa shape index (κ3) is 2.87. The van der Waals surface area contributed by atoms with Crippen LogP contribution in [-0.2, 0) is 13.5 Å². The predicted octanol–water partition coefficient (Wildman–Crippen LogP) is 2.66. The molecule has 0 radical (unpaired) electrons. The summed E-state index contributed by atoms with van der Waals surface area (Å²) in [5.41, 5.74) is 2.80. The van der Waals surface area contributed by atoms with Crippen LogP contribution in [0.3, 0.4) is 0 Å². The topological polar surface area (TPSA) is 38.0 Å². The third-order valence-corrected chi connectivity index (χ3v) is 2.97. The van der Waals surface area contributed by atoms with E-state index in [0.717, 1.165) is 17.0 Å². The van der Waals surface area contributed by atoms with Gasteiger partial charge in [0.05, 0.1) is 11.8 Å². The summed E-state index contributed by atoms with van der Waals surface area (Å²) in [6, 6.07) is 9.28. The van der Waals surface area contributed by atoms with Crippen molar-refractivity contribution in [3.63, 3.8) is 0 Å². The molecule has 0 spiro atoms. The molecule has 1 N–H and O–H groups in total. The number of nitrogens with zero attached hydrogens (tertiary/aromatic N) is 2. The van der Waals surface area contributed by atoms with Crippen molar-refractivity contribution in [3.05, 3.63) is 52.3 Å². The number of halogens is 1. The van der Waals surface area contributed by atoms with Gasteiger partial charge in [0, 0.05) is 24.2 Å². The Labute approximate surface area is 106 Å². The molecule has 1 heterocycles. The van der Waals surface area contributed by atoms with Gasteiger partial charge in [0.1, 0.15) is 0 Å². The Morgan fingerprint density at radius 3 is 2.76 bits per heavy atom. The summed E-state index contributed by atoms with van der Waals surface area (Å²) in [6.07, 6.45) is -0.0129. The number of aliphatic hydroxyl groups excluding tert-OH is 1. The number of benzene rings is 1. The first-order chi connectivity index (χ1) is 8.06. The van der Waals surface area contributed by atoms with Crippen LogP contribution >= 0.6 is 11.6 Å². The molecule has 4 heteroatoms. The van der Waals surface area contributed by atoms with Gasteiger partial charge in [0.25, 0.3) is 0 Å². The third-order valence-electron chi connectivity index (χ3n) is 2.73. The maximum atomic E-state index is 10.1. The normalized spacial score (nSPS) is 12.7. The average Bonchev–Trinajstić information content (AvgIpc) is 2.57. The number of hydrogen-bond donors (Lipinski definition) is 1. The van der Waals surface area contributed by atoms with Crippen molar-refractivity contribution in [1.82, 2.24) is 9.78 Å². The van der Waals surface area contributed by atoms with Crippen molar-refractivity contribution < 1.29 is 5.11 Å².